The van der Waals surface area contributed by atoms with Crippen LogP contribution in [0.1, 0.15) is 12.0 Å². The van der Waals surface area contributed by atoms with Crippen molar-refractivity contribution in [2.45, 2.75) is 37.8 Å². The SMILES string of the molecule is Cc1ccc(S(=O)(=O)OCCCOc2cc(Sc3ccccc3)cc(Sc3ccccc3)c2)cc1. The van der Waals surface area contributed by atoms with E-state index in [1.807, 2.05) is 55.5 Å². The molecule has 4 rings (SSSR count). The van der Waals surface area contributed by atoms with E-state index in [4.69, 9.17) is 8.92 Å². The van der Waals surface area contributed by atoms with Crippen molar-refractivity contribution in [2.24, 2.45) is 0 Å². The van der Waals surface area contributed by atoms with Crippen LogP contribution < -0.4 is 4.74 Å². The summed E-state index contributed by atoms with van der Waals surface area (Å²) in [5.74, 6) is 0.741. The van der Waals surface area contributed by atoms with Crippen molar-refractivity contribution in [1.29, 1.82) is 0 Å². The molecule has 4 aromatic carbocycles. The average molecular weight is 523 g/mol. The van der Waals surface area contributed by atoms with E-state index in [0.29, 0.717) is 13.0 Å². The molecule has 0 aliphatic heterocycles. The van der Waals surface area contributed by atoms with Gasteiger partial charge in [0.2, 0.25) is 0 Å². The predicted octanol–water partition coefficient (Wildman–Crippen LogP) is 7.47. The van der Waals surface area contributed by atoms with E-state index < -0.39 is 10.1 Å². The molecule has 0 bridgehead atoms. The Bertz CT molecular complexity index is 1260. The van der Waals surface area contributed by atoms with Crippen LogP contribution in [0.4, 0.5) is 0 Å². The fourth-order valence-corrected chi connectivity index (χ4v) is 6.06. The summed E-state index contributed by atoms with van der Waals surface area (Å²) in [5, 5.41) is 0. The quantitative estimate of drug-likeness (QED) is 0.150. The Morgan fingerprint density at radius 1 is 0.657 bits per heavy atom. The Balaban J connectivity index is 1.38. The van der Waals surface area contributed by atoms with E-state index in [9.17, 15) is 8.42 Å². The van der Waals surface area contributed by atoms with E-state index >= 15 is 0 Å². The third kappa shape index (κ3) is 7.90. The lowest BCUT2D eigenvalue weighted by atomic mass is 10.2. The van der Waals surface area contributed by atoms with Crippen LogP contribution in [0.25, 0.3) is 0 Å². The first-order chi connectivity index (χ1) is 17.0. The highest BCUT2D eigenvalue weighted by atomic mass is 32.2. The normalized spacial score (nSPS) is 11.3. The minimum Gasteiger partial charge on any atom is -0.493 e. The van der Waals surface area contributed by atoms with Gasteiger partial charge in [0.05, 0.1) is 18.1 Å². The molecule has 4 aromatic rings. The maximum atomic E-state index is 12.3. The second-order valence-corrected chi connectivity index (χ2v) is 11.7. The second-order valence-electron chi connectivity index (χ2n) is 7.76. The van der Waals surface area contributed by atoms with Gasteiger partial charge in [0.25, 0.3) is 10.1 Å². The Morgan fingerprint density at radius 2 is 1.20 bits per heavy atom. The molecule has 7 heteroatoms. The Kier molecular flexibility index (Phi) is 8.93. The molecule has 0 fully saturated rings. The van der Waals surface area contributed by atoms with Gasteiger partial charge in [0.1, 0.15) is 5.75 Å². The second kappa shape index (κ2) is 12.3. The monoisotopic (exact) mass is 522 g/mol. The molecule has 0 aliphatic carbocycles. The molecule has 0 heterocycles. The van der Waals surface area contributed by atoms with Crippen molar-refractivity contribution in [1.82, 2.24) is 0 Å². The average Bonchev–Trinajstić information content (AvgIpc) is 2.85. The van der Waals surface area contributed by atoms with Gasteiger partial charge in [-0.05, 0) is 61.5 Å². The summed E-state index contributed by atoms with van der Waals surface area (Å²) in [6.45, 7) is 2.31. The molecule has 0 radical (unpaired) electrons. The Hall–Kier alpha value is -2.71. The molecule has 0 aliphatic rings. The van der Waals surface area contributed by atoms with E-state index in [2.05, 4.69) is 30.3 Å². The van der Waals surface area contributed by atoms with E-state index in [1.54, 1.807) is 47.8 Å². The van der Waals surface area contributed by atoms with Crippen molar-refractivity contribution in [3.05, 3.63) is 109 Å². The Morgan fingerprint density at radius 3 is 1.74 bits per heavy atom. The van der Waals surface area contributed by atoms with Crippen LogP contribution in [-0.4, -0.2) is 21.6 Å². The predicted molar refractivity (Wildman–Crippen MR) is 142 cm³/mol. The highest BCUT2D eigenvalue weighted by Crippen LogP contribution is 2.37. The van der Waals surface area contributed by atoms with E-state index in [0.717, 1.165) is 30.9 Å². The molecule has 0 spiro atoms. The molecular formula is C28H26O4S3. The van der Waals surface area contributed by atoms with Crippen LogP contribution in [0.15, 0.2) is 128 Å². The summed E-state index contributed by atoms with van der Waals surface area (Å²) in [6.07, 6.45) is 0.447. The summed E-state index contributed by atoms with van der Waals surface area (Å²) in [6, 6.07) is 33.2. The summed E-state index contributed by atoms with van der Waals surface area (Å²) in [4.78, 5) is 4.61. The Labute approximate surface area is 215 Å². The number of ether oxygens (including phenoxy) is 1. The van der Waals surface area contributed by atoms with E-state index in [-0.39, 0.29) is 11.5 Å². The summed E-state index contributed by atoms with van der Waals surface area (Å²) in [7, 11) is -3.77. The van der Waals surface area contributed by atoms with Gasteiger partial charge in [-0.2, -0.15) is 8.42 Å². The van der Waals surface area contributed by atoms with Gasteiger partial charge in [-0.1, -0.05) is 77.6 Å². The van der Waals surface area contributed by atoms with Gasteiger partial charge in [0, 0.05) is 26.0 Å². The first-order valence-electron chi connectivity index (χ1n) is 11.2. The molecule has 180 valence electrons. The van der Waals surface area contributed by atoms with Crippen molar-refractivity contribution in [2.75, 3.05) is 13.2 Å². The highest BCUT2D eigenvalue weighted by Gasteiger charge is 2.14. The fourth-order valence-electron chi connectivity index (χ4n) is 3.19. The van der Waals surface area contributed by atoms with Crippen LogP contribution in [0.2, 0.25) is 0 Å². The van der Waals surface area contributed by atoms with Crippen LogP contribution in [-0.2, 0) is 14.3 Å². The van der Waals surface area contributed by atoms with Crippen molar-refractivity contribution in [3.63, 3.8) is 0 Å². The number of rotatable bonds is 11. The highest BCUT2D eigenvalue weighted by molar-refractivity contribution is 8.00. The summed E-state index contributed by atoms with van der Waals surface area (Å²) >= 11 is 3.35. The van der Waals surface area contributed by atoms with Crippen LogP contribution in [0, 0.1) is 6.92 Å². The molecule has 0 amide bonds. The van der Waals surface area contributed by atoms with Gasteiger partial charge in [-0.3, -0.25) is 4.18 Å². The maximum absolute atomic E-state index is 12.3. The number of benzene rings is 4. The van der Waals surface area contributed by atoms with Crippen molar-refractivity contribution in [3.8, 4) is 5.75 Å². The smallest absolute Gasteiger partial charge is 0.296 e. The minimum atomic E-state index is -3.77. The molecule has 35 heavy (non-hydrogen) atoms. The zero-order chi connectivity index (χ0) is 24.5. The maximum Gasteiger partial charge on any atom is 0.296 e. The van der Waals surface area contributed by atoms with Crippen LogP contribution >= 0.6 is 23.5 Å². The molecule has 0 atom stereocenters. The van der Waals surface area contributed by atoms with Crippen LogP contribution in [0.5, 0.6) is 5.75 Å². The molecule has 0 aromatic heterocycles. The zero-order valence-corrected chi connectivity index (χ0v) is 21.7. The number of hydrogen-bond donors (Lipinski definition) is 0. The summed E-state index contributed by atoms with van der Waals surface area (Å²) in [5.41, 5.74) is 0.995. The molecule has 4 nitrogen and oxygen atoms in total. The molecule has 0 unspecified atom stereocenters. The van der Waals surface area contributed by atoms with Crippen molar-refractivity contribution >= 4 is 33.6 Å². The summed E-state index contributed by atoms with van der Waals surface area (Å²) < 4.78 is 35.9. The lowest BCUT2D eigenvalue weighted by molar-refractivity contribution is 0.250. The van der Waals surface area contributed by atoms with Gasteiger partial charge >= 0.3 is 0 Å². The largest absolute Gasteiger partial charge is 0.493 e. The van der Waals surface area contributed by atoms with Gasteiger partial charge in [-0.25, -0.2) is 0 Å². The van der Waals surface area contributed by atoms with Gasteiger partial charge in [-0.15, -0.1) is 0 Å². The lowest BCUT2D eigenvalue weighted by Crippen LogP contribution is -2.10. The minimum absolute atomic E-state index is 0.0558. The first kappa shape index (κ1) is 25.4. The third-order valence-electron chi connectivity index (χ3n) is 4.92. The fraction of sp³-hybridized carbons (Fsp3) is 0.143. The number of aryl methyl sites for hydroxylation is 1. The number of hydrogen-bond acceptors (Lipinski definition) is 6. The topological polar surface area (TPSA) is 52.6 Å². The zero-order valence-electron chi connectivity index (χ0n) is 19.3. The first-order valence-corrected chi connectivity index (χ1v) is 14.2. The van der Waals surface area contributed by atoms with Crippen LogP contribution in [0.3, 0.4) is 0 Å². The van der Waals surface area contributed by atoms with Gasteiger partial charge in [0.15, 0.2) is 0 Å². The third-order valence-corrected chi connectivity index (χ3v) is 8.20. The van der Waals surface area contributed by atoms with Crippen molar-refractivity contribution < 1.29 is 17.3 Å². The van der Waals surface area contributed by atoms with Gasteiger partial charge < -0.3 is 4.74 Å². The molecule has 0 saturated carbocycles. The molecular weight excluding hydrogens is 497 g/mol. The molecule has 0 N–H and O–H groups in total. The van der Waals surface area contributed by atoms with E-state index in [1.165, 1.54) is 0 Å². The standard InChI is InChI=1S/C28H26O4S3/c1-22-13-15-28(16-14-22)35(29,30)32-18-8-17-31-23-19-26(33-24-9-4-2-5-10-24)21-27(20-23)34-25-11-6-3-7-12-25/h2-7,9-16,19-21H,8,17-18H2,1H3. The lowest BCUT2D eigenvalue weighted by Gasteiger charge is -2.12. The molecule has 0 saturated heterocycles.